The first kappa shape index (κ1) is 105. The molecule has 0 aromatic heterocycles. The second-order valence-corrected chi connectivity index (χ2v) is 31.6. The highest BCUT2D eigenvalue weighted by molar-refractivity contribution is 5.71. The molecule has 0 aromatic rings. The molecule has 0 aromatic carbocycles. The number of carbonyl (C=O) groups excluding carboxylic acids is 6. The highest BCUT2D eigenvalue weighted by Crippen LogP contribution is 2.16. The van der Waals surface area contributed by atoms with E-state index in [1.54, 1.807) is 0 Å². The summed E-state index contributed by atoms with van der Waals surface area (Å²) in [4.78, 5) is 94.2. The third-order valence-electron chi connectivity index (χ3n) is 21.4. The Labute approximate surface area is 665 Å². The van der Waals surface area contributed by atoms with Gasteiger partial charge in [-0.15, -0.1) is 0 Å². The molecule has 0 rings (SSSR count). The van der Waals surface area contributed by atoms with Gasteiger partial charge >= 0.3 is 35.8 Å². The minimum absolute atomic E-state index is 0.188. The predicted octanol–water partition coefficient (Wildman–Crippen LogP) is 18.9. The summed E-state index contributed by atoms with van der Waals surface area (Å²) >= 11 is 0. The van der Waals surface area contributed by atoms with E-state index in [1.807, 2.05) is 0 Å². The minimum Gasteiger partial charge on any atom is -0.469 e. The molecule has 0 heterocycles. The summed E-state index contributed by atoms with van der Waals surface area (Å²) in [6, 6.07) is 0. The number of likely N-dealkylation sites (N-methyl/N-ethyl adjacent to an activating group) is 3. The summed E-state index contributed by atoms with van der Waals surface area (Å²) < 4.78 is 33.7. The lowest BCUT2D eigenvalue weighted by atomic mass is 10.1. The smallest absolute Gasteiger partial charge is 0.307 e. The fourth-order valence-electron chi connectivity index (χ4n) is 13.5. The topological polar surface area (TPSA) is 180 Å². The van der Waals surface area contributed by atoms with Crippen LogP contribution >= 0.6 is 0 Å². The third kappa shape index (κ3) is 75.2. The van der Waals surface area contributed by atoms with Crippen molar-refractivity contribution in [2.75, 3.05) is 179 Å². The van der Waals surface area contributed by atoms with E-state index in [0.29, 0.717) is 91.9 Å². The lowest BCUT2D eigenvalue weighted by Gasteiger charge is -2.31. The summed E-state index contributed by atoms with van der Waals surface area (Å²) in [6.45, 7) is 25.7. The number of unbranched alkanes of at least 4 members (excludes halogenated alkanes) is 40. The summed E-state index contributed by atoms with van der Waals surface area (Å²) in [7, 11) is 7.85. The Hall–Kier alpha value is -3.46. The molecule has 0 saturated carbocycles. The largest absolute Gasteiger partial charge is 0.469 e. The lowest BCUT2D eigenvalue weighted by Crippen LogP contribution is -2.44. The molecule has 0 atom stereocenters. The molecule has 0 spiro atoms. The van der Waals surface area contributed by atoms with Crippen molar-refractivity contribution in [3.8, 4) is 0 Å². The summed E-state index contributed by atoms with van der Waals surface area (Å²) in [5.74, 6) is -1.23. The molecular formula is C89H175N7O12. The zero-order valence-electron chi connectivity index (χ0n) is 72.4. The first-order valence-electron chi connectivity index (χ1n) is 45.5. The Morgan fingerprint density at radius 3 is 0.481 bits per heavy atom. The van der Waals surface area contributed by atoms with E-state index in [1.165, 1.54) is 232 Å². The zero-order valence-corrected chi connectivity index (χ0v) is 72.4. The zero-order chi connectivity index (χ0) is 79.1. The van der Waals surface area contributed by atoms with Crippen LogP contribution in [0.4, 0.5) is 0 Å². The van der Waals surface area contributed by atoms with Gasteiger partial charge in [0.15, 0.2) is 0 Å². The monoisotopic (exact) mass is 1530 g/mol. The van der Waals surface area contributed by atoms with Gasteiger partial charge in [-0.05, 0) is 53.2 Å². The van der Waals surface area contributed by atoms with Gasteiger partial charge in [-0.1, -0.05) is 291 Å². The third-order valence-corrected chi connectivity index (χ3v) is 21.4. The molecule has 638 valence electrons. The maximum Gasteiger partial charge on any atom is 0.307 e. The van der Waals surface area contributed by atoms with Gasteiger partial charge in [0.1, 0.15) is 0 Å². The summed E-state index contributed by atoms with van der Waals surface area (Å²) in [6.07, 6.45) is 55.8. The van der Waals surface area contributed by atoms with Crippen LogP contribution in [-0.2, 0) is 57.2 Å². The molecule has 0 fully saturated rings. The van der Waals surface area contributed by atoms with Crippen LogP contribution in [0.5, 0.6) is 0 Å². The molecule has 0 aliphatic rings. The van der Waals surface area contributed by atoms with Gasteiger partial charge in [0.2, 0.25) is 0 Å². The van der Waals surface area contributed by atoms with E-state index in [0.717, 1.165) is 123 Å². The SMILES string of the molecule is CCCCCCCCCCCOC(=O)CCN(CCC(=O)OC)CCN(C)CCN(CCN(C)CCN(CCC(=O)OCCCCCCCCCCC)CCC(=O)OCCCCCCCCCCC)CCN(C)CCN(CCC(=O)OCCCCCCCCCCC)CCC(=O)OCCCCCCCCCCC. The van der Waals surface area contributed by atoms with Crippen LogP contribution in [0.25, 0.3) is 0 Å². The van der Waals surface area contributed by atoms with Crippen molar-refractivity contribution in [2.24, 2.45) is 0 Å². The van der Waals surface area contributed by atoms with Crippen molar-refractivity contribution < 1.29 is 57.2 Å². The minimum atomic E-state index is -0.273. The molecule has 19 nitrogen and oxygen atoms in total. The van der Waals surface area contributed by atoms with Gasteiger partial charge in [0.25, 0.3) is 0 Å². The van der Waals surface area contributed by atoms with Gasteiger partial charge in [-0.2, -0.15) is 0 Å². The van der Waals surface area contributed by atoms with Crippen molar-refractivity contribution in [1.29, 1.82) is 0 Å². The number of ether oxygens (including phenoxy) is 6. The maximum atomic E-state index is 13.2. The first-order valence-corrected chi connectivity index (χ1v) is 45.5. The normalized spacial score (nSPS) is 11.8. The van der Waals surface area contributed by atoms with E-state index >= 15 is 0 Å². The van der Waals surface area contributed by atoms with Gasteiger partial charge in [-0.25, -0.2) is 0 Å². The second kappa shape index (κ2) is 81.6. The molecule has 0 unspecified atom stereocenters. The van der Waals surface area contributed by atoms with Crippen LogP contribution in [0.3, 0.4) is 0 Å². The standard InChI is InChI=1S/C89H175N7O12/c1-10-15-20-25-30-35-40-45-50-79-104-85(98)56-62-93(61-55-84(97)103-9)73-67-90(6)70-76-96(77-71-91(7)68-74-94(63-57-86(99)105-80-51-46-41-36-31-26-21-16-11-2)64-58-87(100)106-81-52-47-42-37-32-27-22-17-12-3)78-72-92(8)69-75-95(65-59-88(101)107-82-53-48-43-38-33-28-23-18-13-4)66-60-89(102)108-83-54-49-44-39-34-29-24-19-14-5/h10-83H2,1-9H3. The van der Waals surface area contributed by atoms with E-state index in [-0.39, 0.29) is 74.3 Å². The number of carbonyl (C=O) groups is 6. The fourth-order valence-corrected chi connectivity index (χ4v) is 13.5. The Morgan fingerprint density at radius 1 is 0.185 bits per heavy atom. The van der Waals surface area contributed by atoms with Crippen LogP contribution in [0.15, 0.2) is 0 Å². The average molecular weight is 1540 g/mol. The first-order chi connectivity index (χ1) is 52.7. The highest BCUT2D eigenvalue weighted by Gasteiger charge is 2.19. The maximum absolute atomic E-state index is 13.2. The molecule has 0 saturated heterocycles. The van der Waals surface area contributed by atoms with Gasteiger partial charge in [0, 0.05) is 118 Å². The van der Waals surface area contributed by atoms with Crippen LogP contribution in [0, 0.1) is 0 Å². The number of esters is 6. The average Bonchev–Trinajstić information content (AvgIpc) is 0.982. The summed E-state index contributed by atoms with van der Waals surface area (Å²) in [5, 5.41) is 0. The fraction of sp³-hybridized carbons (Fsp3) is 0.933. The van der Waals surface area contributed by atoms with E-state index < -0.39 is 0 Å². The number of nitrogens with zero attached hydrogens (tertiary/aromatic N) is 7. The van der Waals surface area contributed by atoms with Gasteiger partial charge in [0.05, 0.1) is 78.7 Å². The van der Waals surface area contributed by atoms with Crippen LogP contribution in [-0.4, -0.2) is 249 Å². The van der Waals surface area contributed by atoms with Crippen molar-refractivity contribution in [1.82, 2.24) is 34.3 Å². The Kier molecular flexibility index (Phi) is 78.9. The Morgan fingerprint density at radius 2 is 0.324 bits per heavy atom. The number of methoxy groups -OCH3 is 1. The quantitative estimate of drug-likeness (QED) is 0.0318. The van der Waals surface area contributed by atoms with E-state index in [9.17, 15) is 28.8 Å². The molecular weight excluding hydrogens is 1360 g/mol. The van der Waals surface area contributed by atoms with E-state index in [2.05, 4.69) is 90.1 Å². The van der Waals surface area contributed by atoms with Crippen molar-refractivity contribution in [3.05, 3.63) is 0 Å². The van der Waals surface area contributed by atoms with Crippen molar-refractivity contribution in [2.45, 2.75) is 362 Å². The number of rotatable bonds is 86. The molecule has 0 aliphatic heterocycles. The Bertz CT molecular complexity index is 1830. The lowest BCUT2D eigenvalue weighted by molar-refractivity contribution is -0.146. The van der Waals surface area contributed by atoms with Crippen molar-refractivity contribution in [3.63, 3.8) is 0 Å². The molecule has 0 aliphatic carbocycles. The van der Waals surface area contributed by atoms with Crippen molar-refractivity contribution >= 4 is 35.8 Å². The highest BCUT2D eigenvalue weighted by atomic mass is 16.5. The van der Waals surface area contributed by atoms with Crippen LogP contribution in [0.2, 0.25) is 0 Å². The second-order valence-electron chi connectivity index (χ2n) is 31.6. The van der Waals surface area contributed by atoms with E-state index in [4.69, 9.17) is 28.4 Å². The molecule has 0 N–H and O–H groups in total. The van der Waals surface area contributed by atoms with Gasteiger partial charge < -0.3 is 57.8 Å². The predicted molar refractivity (Wildman–Crippen MR) is 449 cm³/mol. The number of hydrogen-bond donors (Lipinski definition) is 0. The summed E-state index contributed by atoms with van der Waals surface area (Å²) in [5.41, 5.74) is 0. The van der Waals surface area contributed by atoms with Crippen LogP contribution in [0.1, 0.15) is 362 Å². The molecule has 108 heavy (non-hydrogen) atoms. The molecule has 0 radical (unpaired) electrons. The Balaban J connectivity index is 6.27. The molecule has 0 bridgehead atoms. The van der Waals surface area contributed by atoms with Crippen LogP contribution < -0.4 is 0 Å². The van der Waals surface area contributed by atoms with Gasteiger partial charge in [-0.3, -0.25) is 33.7 Å². The molecule has 0 amide bonds. The molecule has 19 heteroatoms. The number of hydrogen-bond acceptors (Lipinski definition) is 19.